The van der Waals surface area contributed by atoms with Gasteiger partial charge in [0, 0.05) is 15.8 Å². The fourth-order valence-corrected chi connectivity index (χ4v) is 2.10. The minimum atomic E-state index is 0.667. The highest BCUT2D eigenvalue weighted by atomic mass is 35.5. The molecule has 0 aliphatic rings. The van der Waals surface area contributed by atoms with Crippen LogP contribution in [0.25, 0.3) is 0 Å². The molecule has 0 atom stereocenters. The van der Waals surface area contributed by atoms with Gasteiger partial charge in [0.2, 0.25) is 0 Å². The molecule has 1 aromatic carbocycles. The van der Waals surface area contributed by atoms with Crippen LogP contribution < -0.4 is 0 Å². The first-order valence-corrected chi connectivity index (χ1v) is 5.92. The zero-order valence-electron chi connectivity index (χ0n) is 7.46. The monoisotopic (exact) mass is 245 g/mol. The number of hydrogen-bond acceptors (Lipinski definition) is 2. The van der Waals surface area contributed by atoms with Crippen molar-refractivity contribution in [2.45, 2.75) is 12.8 Å². The molecule has 0 aliphatic carbocycles. The third-order valence-corrected chi connectivity index (χ3v) is 2.76. The summed E-state index contributed by atoms with van der Waals surface area (Å²) in [5.41, 5.74) is 1.13. The smallest absolute Gasteiger partial charge is 0.133 e. The second-order valence-corrected chi connectivity index (χ2v) is 4.57. The number of nitriles is 1. The second kappa shape index (κ2) is 6.19. The zero-order chi connectivity index (χ0) is 10.4. The van der Waals surface area contributed by atoms with Gasteiger partial charge in [0.15, 0.2) is 0 Å². The average Bonchev–Trinajstić information content (AvgIpc) is 2.11. The van der Waals surface area contributed by atoms with E-state index in [-0.39, 0.29) is 0 Å². The summed E-state index contributed by atoms with van der Waals surface area (Å²) in [7, 11) is 0. The fourth-order valence-electron chi connectivity index (χ4n) is 1.15. The first-order valence-electron chi connectivity index (χ1n) is 4.18. The van der Waals surface area contributed by atoms with Crippen molar-refractivity contribution in [1.29, 1.82) is 5.26 Å². The van der Waals surface area contributed by atoms with Crippen LogP contribution in [-0.2, 0) is 6.42 Å². The number of rotatable bonds is 4. The molecule has 0 spiro atoms. The maximum absolute atomic E-state index is 8.32. The van der Waals surface area contributed by atoms with Gasteiger partial charge in [-0.25, -0.2) is 0 Å². The van der Waals surface area contributed by atoms with Gasteiger partial charge in [-0.3, -0.25) is 0 Å². The van der Waals surface area contributed by atoms with E-state index in [1.54, 1.807) is 6.07 Å². The first-order chi connectivity index (χ1) is 6.72. The van der Waals surface area contributed by atoms with Crippen LogP contribution in [0.3, 0.4) is 0 Å². The maximum Gasteiger partial charge on any atom is 0.133 e. The molecule has 0 N–H and O–H groups in total. The van der Waals surface area contributed by atoms with Gasteiger partial charge in [-0.05, 0) is 48.4 Å². The topological polar surface area (TPSA) is 23.8 Å². The van der Waals surface area contributed by atoms with Crippen molar-refractivity contribution in [2.24, 2.45) is 0 Å². The van der Waals surface area contributed by atoms with E-state index in [4.69, 9.17) is 28.5 Å². The number of thiocyanates is 1. The summed E-state index contributed by atoms with van der Waals surface area (Å²) in [6.07, 6.45) is 1.88. The molecule has 74 valence electrons. The number of aryl methyl sites for hydroxylation is 1. The third kappa shape index (κ3) is 4.23. The molecule has 0 aromatic heterocycles. The Bertz CT molecular complexity index is 326. The fraction of sp³-hybridized carbons (Fsp3) is 0.300. The van der Waals surface area contributed by atoms with Crippen LogP contribution in [0.15, 0.2) is 18.2 Å². The Morgan fingerprint density at radius 2 is 1.86 bits per heavy atom. The summed E-state index contributed by atoms with van der Waals surface area (Å²) in [4.78, 5) is 0. The molecule has 0 bridgehead atoms. The van der Waals surface area contributed by atoms with Gasteiger partial charge in [-0.1, -0.05) is 23.2 Å². The van der Waals surface area contributed by atoms with Crippen molar-refractivity contribution in [3.05, 3.63) is 33.8 Å². The lowest BCUT2D eigenvalue weighted by molar-refractivity contribution is 0.935. The van der Waals surface area contributed by atoms with Crippen LogP contribution in [0.4, 0.5) is 0 Å². The Morgan fingerprint density at radius 1 is 1.21 bits per heavy atom. The zero-order valence-corrected chi connectivity index (χ0v) is 9.79. The molecule has 4 heteroatoms. The molecule has 0 heterocycles. The summed E-state index contributed by atoms with van der Waals surface area (Å²) < 4.78 is 0. The number of nitrogens with zero attached hydrogens (tertiary/aromatic N) is 1. The van der Waals surface area contributed by atoms with Crippen LogP contribution in [0.5, 0.6) is 0 Å². The highest BCUT2D eigenvalue weighted by Gasteiger charge is 1.98. The van der Waals surface area contributed by atoms with Crippen molar-refractivity contribution in [3.63, 3.8) is 0 Å². The molecule has 0 fully saturated rings. The van der Waals surface area contributed by atoms with Gasteiger partial charge in [-0.2, -0.15) is 5.26 Å². The molecule has 14 heavy (non-hydrogen) atoms. The average molecular weight is 246 g/mol. The Hall–Kier alpha value is -0.360. The number of halogens is 2. The molecule has 0 aliphatic heterocycles. The van der Waals surface area contributed by atoms with Crippen molar-refractivity contribution in [1.82, 2.24) is 0 Å². The lowest BCUT2D eigenvalue weighted by atomic mass is 10.1. The quantitative estimate of drug-likeness (QED) is 0.588. The Kier molecular flexibility index (Phi) is 5.17. The van der Waals surface area contributed by atoms with Crippen LogP contribution in [0, 0.1) is 10.7 Å². The number of hydrogen-bond donors (Lipinski definition) is 0. The number of benzene rings is 1. The highest BCUT2D eigenvalue weighted by Crippen LogP contribution is 2.20. The van der Waals surface area contributed by atoms with Gasteiger partial charge in [0.1, 0.15) is 5.40 Å². The Balaban J connectivity index is 2.47. The number of thioether (sulfide) groups is 1. The molecule has 0 amide bonds. The summed E-state index contributed by atoms with van der Waals surface area (Å²) in [5, 5.41) is 11.7. The largest absolute Gasteiger partial charge is 0.185 e. The molecule has 1 rings (SSSR count). The minimum Gasteiger partial charge on any atom is -0.185 e. The standard InChI is InChI=1S/C10H9Cl2NS/c11-9-4-8(5-10(12)6-9)2-1-3-14-7-13/h4-6H,1-3H2. The van der Waals surface area contributed by atoms with Crippen LogP contribution in [0.2, 0.25) is 10.0 Å². The summed E-state index contributed by atoms with van der Waals surface area (Å²) >= 11 is 13.0. The molecule has 0 saturated heterocycles. The van der Waals surface area contributed by atoms with Crippen molar-refractivity contribution >= 4 is 35.0 Å². The second-order valence-electron chi connectivity index (χ2n) is 2.82. The predicted octanol–water partition coefficient (Wildman–Crippen LogP) is 4.14. The molecule has 1 nitrogen and oxygen atoms in total. The van der Waals surface area contributed by atoms with Crippen molar-refractivity contribution in [2.75, 3.05) is 5.75 Å². The van der Waals surface area contributed by atoms with E-state index >= 15 is 0 Å². The predicted molar refractivity (Wildman–Crippen MR) is 62.9 cm³/mol. The SMILES string of the molecule is N#CSCCCc1cc(Cl)cc(Cl)c1. The summed E-state index contributed by atoms with van der Waals surface area (Å²) in [6.45, 7) is 0. The highest BCUT2D eigenvalue weighted by molar-refractivity contribution is 8.03. The molecule has 0 radical (unpaired) electrons. The van der Waals surface area contributed by atoms with E-state index in [2.05, 4.69) is 0 Å². The lowest BCUT2D eigenvalue weighted by Crippen LogP contribution is -1.87. The van der Waals surface area contributed by atoms with E-state index in [1.165, 1.54) is 11.8 Å². The first kappa shape index (κ1) is 11.7. The van der Waals surface area contributed by atoms with Crippen molar-refractivity contribution in [3.8, 4) is 5.40 Å². The summed E-state index contributed by atoms with van der Waals surface area (Å²) in [6, 6.07) is 5.53. The van der Waals surface area contributed by atoms with Gasteiger partial charge in [-0.15, -0.1) is 0 Å². The van der Waals surface area contributed by atoms with E-state index in [0.29, 0.717) is 10.0 Å². The molecule has 1 aromatic rings. The van der Waals surface area contributed by atoms with Crippen molar-refractivity contribution < 1.29 is 0 Å². The van der Waals surface area contributed by atoms with Gasteiger partial charge < -0.3 is 0 Å². The van der Waals surface area contributed by atoms with E-state index in [0.717, 1.165) is 24.2 Å². The van der Waals surface area contributed by atoms with Crippen LogP contribution >= 0.6 is 35.0 Å². The lowest BCUT2D eigenvalue weighted by Gasteiger charge is -2.01. The maximum atomic E-state index is 8.32. The normalized spacial score (nSPS) is 9.79. The molecule has 0 unspecified atom stereocenters. The van der Waals surface area contributed by atoms with E-state index < -0.39 is 0 Å². The van der Waals surface area contributed by atoms with E-state index in [1.807, 2.05) is 17.5 Å². The Labute approximate surface area is 98.0 Å². The van der Waals surface area contributed by atoms with Crippen LogP contribution in [0.1, 0.15) is 12.0 Å². The van der Waals surface area contributed by atoms with E-state index in [9.17, 15) is 0 Å². The minimum absolute atomic E-state index is 0.667. The van der Waals surface area contributed by atoms with Crippen LogP contribution in [-0.4, -0.2) is 5.75 Å². The van der Waals surface area contributed by atoms with Gasteiger partial charge in [0.25, 0.3) is 0 Å². The Morgan fingerprint density at radius 3 is 2.43 bits per heavy atom. The molecule has 0 saturated carbocycles. The summed E-state index contributed by atoms with van der Waals surface area (Å²) in [5.74, 6) is 0.848. The van der Waals surface area contributed by atoms with Gasteiger partial charge >= 0.3 is 0 Å². The van der Waals surface area contributed by atoms with Gasteiger partial charge in [0.05, 0.1) is 0 Å². The molecular weight excluding hydrogens is 237 g/mol. The molecular formula is C10H9Cl2NS. The third-order valence-electron chi connectivity index (χ3n) is 1.70.